The Bertz CT molecular complexity index is 773. The molecule has 2 aliphatic carbocycles. The zero-order valence-electron chi connectivity index (χ0n) is 18.0. The number of hydrogen-bond donors (Lipinski definition) is 2. The van der Waals surface area contributed by atoms with Crippen LogP contribution in [0.3, 0.4) is 0 Å². The van der Waals surface area contributed by atoms with Crippen molar-refractivity contribution in [1.29, 1.82) is 0 Å². The Labute approximate surface area is 171 Å². The second kappa shape index (κ2) is 6.46. The Morgan fingerprint density at radius 3 is 2.31 bits per heavy atom. The maximum absolute atomic E-state index is 13.5. The third kappa shape index (κ3) is 2.77. The van der Waals surface area contributed by atoms with Gasteiger partial charge in [0.15, 0.2) is 6.10 Å². The average Bonchev–Trinajstić information content (AvgIpc) is 2.60. The lowest BCUT2D eigenvalue weighted by Crippen LogP contribution is -2.79. The molecule has 0 spiro atoms. The molecule has 7 nitrogen and oxygen atoms in total. The molecule has 1 aliphatic heterocycles. The van der Waals surface area contributed by atoms with Crippen molar-refractivity contribution in [3.8, 4) is 0 Å². The van der Waals surface area contributed by atoms with Crippen LogP contribution >= 0.6 is 0 Å². The topological polar surface area (TPSA) is 110 Å². The Kier molecular flexibility index (Phi) is 4.93. The van der Waals surface area contributed by atoms with E-state index in [9.17, 15) is 24.6 Å². The fourth-order valence-corrected chi connectivity index (χ4v) is 6.56. The first-order chi connectivity index (χ1) is 13.2. The Hall–Kier alpha value is -1.57. The predicted molar refractivity (Wildman–Crippen MR) is 104 cm³/mol. The average molecular weight is 408 g/mol. The lowest BCUT2D eigenvalue weighted by molar-refractivity contribution is -0.314. The molecule has 3 aliphatic rings. The molecule has 2 saturated carbocycles. The third-order valence-corrected chi connectivity index (χ3v) is 7.76. The summed E-state index contributed by atoms with van der Waals surface area (Å²) in [6.45, 7) is 13.5. The van der Waals surface area contributed by atoms with Crippen molar-refractivity contribution in [3.05, 3.63) is 12.7 Å². The van der Waals surface area contributed by atoms with Crippen LogP contribution in [0, 0.1) is 22.7 Å². The van der Waals surface area contributed by atoms with Gasteiger partial charge in [-0.2, -0.15) is 0 Å². The first-order valence-electron chi connectivity index (χ1n) is 10.1. The SMILES string of the molecule is C=C[C@]1(C)O[C@]2(C)[C@@H](OC(C)=O)[C@@H](O)[C@H]3C(C)(C)CC[C@H](O)[C@]3(C)[C@H]2C(=O)C1=O. The van der Waals surface area contributed by atoms with Gasteiger partial charge in [-0.3, -0.25) is 14.4 Å². The van der Waals surface area contributed by atoms with Gasteiger partial charge in [0, 0.05) is 18.3 Å². The highest BCUT2D eigenvalue weighted by Gasteiger charge is 2.75. The summed E-state index contributed by atoms with van der Waals surface area (Å²) in [6.07, 6.45) is -0.991. The number of hydrogen-bond acceptors (Lipinski definition) is 7. The molecule has 3 rings (SSSR count). The highest BCUT2D eigenvalue weighted by atomic mass is 16.6. The third-order valence-electron chi connectivity index (χ3n) is 7.76. The number of ether oxygens (including phenoxy) is 2. The summed E-state index contributed by atoms with van der Waals surface area (Å²) in [5.74, 6) is -3.73. The summed E-state index contributed by atoms with van der Waals surface area (Å²) in [7, 11) is 0. The smallest absolute Gasteiger partial charge is 0.303 e. The molecular weight excluding hydrogens is 376 g/mol. The maximum atomic E-state index is 13.5. The molecule has 1 heterocycles. The standard InChI is InChI=1S/C22H32O7/c1-8-20(5)17(27)13(25)16-21(6)12(24)9-10-19(3,4)15(21)14(26)18(28-11(2)23)22(16,7)29-20/h8,12,14-16,18,24,26H,1,9-10H2,2-7H3/t12-,14-,15-,16+,18-,20-,21-,22-/m0/s1. The van der Waals surface area contributed by atoms with E-state index in [1.165, 1.54) is 19.9 Å². The van der Waals surface area contributed by atoms with E-state index in [0.717, 1.165) is 0 Å². The summed E-state index contributed by atoms with van der Waals surface area (Å²) >= 11 is 0. The zero-order valence-corrected chi connectivity index (χ0v) is 18.0. The van der Waals surface area contributed by atoms with E-state index in [1.807, 2.05) is 13.8 Å². The Morgan fingerprint density at radius 2 is 1.79 bits per heavy atom. The number of rotatable bonds is 2. The lowest BCUT2D eigenvalue weighted by atomic mass is 9.41. The first-order valence-corrected chi connectivity index (χ1v) is 10.1. The van der Waals surface area contributed by atoms with Crippen LogP contribution in [0.25, 0.3) is 0 Å². The van der Waals surface area contributed by atoms with E-state index in [0.29, 0.717) is 12.8 Å². The van der Waals surface area contributed by atoms with E-state index < -0.39 is 69.7 Å². The maximum Gasteiger partial charge on any atom is 0.303 e. The molecule has 0 amide bonds. The molecule has 0 radical (unpaired) electrons. The summed E-state index contributed by atoms with van der Waals surface area (Å²) in [6, 6.07) is 0. The summed E-state index contributed by atoms with van der Waals surface area (Å²) in [4.78, 5) is 38.4. The predicted octanol–water partition coefficient (Wildman–Crippen LogP) is 1.58. The van der Waals surface area contributed by atoms with Gasteiger partial charge in [-0.25, -0.2) is 0 Å². The summed E-state index contributed by atoms with van der Waals surface area (Å²) in [5.41, 5.74) is -4.73. The number of carbonyl (C=O) groups excluding carboxylic acids is 3. The number of Topliss-reactive ketones (excluding diaryl/α,β-unsaturated/α-hetero) is 2. The second-order valence-corrected chi connectivity index (χ2v) is 10.1. The van der Waals surface area contributed by atoms with Crippen LogP contribution < -0.4 is 0 Å². The van der Waals surface area contributed by atoms with Crippen molar-refractivity contribution in [1.82, 2.24) is 0 Å². The zero-order chi connectivity index (χ0) is 22.2. The summed E-state index contributed by atoms with van der Waals surface area (Å²) in [5, 5.41) is 22.5. The molecule has 2 N–H and O–H groups in total. The van der Waals surface area contributed by atoms with E-state index >= 15 is 0 Å². The first kappa shape index (κ1) is 22.1. The highest BCUT2D eigenvalue weighted by molar-refractivity contribution is 6.42. The minimum atomic E-state index is -1.61. The minimum Gasteiger partial charge on any atom is -0.457 e. The van der Waals surface area contributed by atoms with Gasteiger partial charge in [-0.05, 0) is 32.1 Å². The van der Waals surface area contributed by atoms with E-state index in [4.69, 9.17) is 9.47 Å². The van der Waals surface area contributed by atoms with E-state index in [1.54, 1.807) is 13.8 Å². The molecule has 0 aromatic carbocycles. The molecular formula is C22H32O7. The highest BCUT2D eigenvalue weighted by Crippen LogP contribution is 2.65. The molecule has 7 heteroatoms. The number of carbonyl (C=O) groups is 3. The lowest BCUT2D eigenvalue weighted by Gasteiger charge is -2.67. The van der Waals surface area contributed by atoms with Crippen LogP contribution in [0.1, 0.15) is 54.4 Å². The van der Waals surface area contributed by atoms with Gasteiger partial charge in [0.1, 0.15) is 11.2 Å². The van der Waals surface area contributed by atoms with Crippen molar-refractivity contribution in [2.75, 3.05) is 0 Å². The number of esters is 1. The molecule has 29 heavy (non-hydrogen) atoms. The van der Waals surface area contributed by atoms with Crippen molar-refractivity contribution in [2.45, 2.75) is 83.9 Å². The van der Waals surface area contributed by atoms with Crippen molar-refractivity contribution in [2.24, 2.45) is 22.7 Å². The van der Waals surface area contributed by atoms with Crippen LogP contribution in [0.2, 0.25) is 0 Å². The van der Waals surface area contributed by atoms with Gasteiger partial charge in [-0.15, -0.1) is 0 Å². The number of fused-ring (bicyclic) bond motifs is 3. The van der Waals surface area contributed by atoms with Crippen LogP contribution in [0.4, 0.5) is 0 Å². The molecule has 0 bridgehead atoms. The van der Waals surface area contributed by atoms with Crippen LogP contribution in [0.15, 0.2) is 12.7 Å². The number of aliphatic hydroxyl groups excluding tert-OH is 2. The van der Waals surface area contributed by atoms with Crippen molar-refractivity contribution < 1.29 is 34.1 Å². The molecule has 0 unspecified atom stereocenters. The van der Waals surface area contributed by atoms with Gasteiger partial charge < -0.3 is 19.7 Å². The quantitative estimate of drug-likeness (QED) is 0.405. The minimum absolute atomic E-state index is 0.428. The Morgan fingerprint density at radius 1 is 1.21 bits per heavy atom. The van der Waals surface area contributed by atoms with Crippen molar-refractivity contribution >= 4 is 17.5 Å². The molecule has 1 saturated heterocycles. The van der Waals surface area contributed by atoms with Crippen molar-refractivity contribution in [3.63, 3.8) is 0 Å². The van der Waals surface area contributed by atoms with Crippen LogP contribution in [-0.2, 0) is 23.9 Å². The van der Waals surface area contributed by atoms with E-state index in [2.05, 4.69) is 6.58 Å². The fraction of sp³-hybridized carbons (Fsp3) is 0.773. The van der Waals surface area contributed by atoms with Gasteiger partial charge >= 0.3 is 5.97 Å². The molecule has 8 atom stereocenters. The largest absolute Gasteiger partial charge is 0.457 e. The fourth-order valence-electron chi connectivity index (χ4n) is 6.56. The van der Waals surface area contributed by atoms with E-state index in [-0.39, 0.29) is 0 Å². The number of aliphatic hydroxyl groups is 2. The van der Waals surface area contributed by atoms with Gasteiger partial charge in [0.25, 0.3) is 0 Å². The molecule has 3 fully saturated rings. The molecule has 162 valence electrons. The number of ketones is 2. The molecule has 0 aromatic heterocycles. The van der Waals surface area contributed by atoms with Crippen LogP contribution in [-0.4, -0.2) is 57.3 Å². The van der Waals surface area contributed by atoms with Gasteiger partial charge in [-0.1, -0.05) is 33.4 Å². The second-order valence-electron chi connectivity index (χ2n) is 10.1. The monoisotopic (exact) mass is 408 g/mol. The van der Waals surface area contributed by atoms with Gasteiger partial charge in [0.05, 0.1) is 18.1 Å². The Balaban J connectivity index is 2.29. The van der Waals surface area contributed by atoms with Crippen LogP contribution in [0.5, 0.6) is 0 Å². The molecule has 0 aromatic rings. The normalized spacial score (nSPS) is 49.0. The van der Waals surface area contributed by atoms with Gasteiger partial charge in [0.2, 0.25) is 11.6 Å². The summed E-state index contributed by atoms with van der Waals surface area (Å²) < 4.78 is 11.7.